The number of hydrogen-bond acceptors (Lipinski definition) is 3. The molecule has 1 N–H and O–H groups in total. The molecule has 2 saturated carbocycles. The number of nitrogens with zero attached hydrogens (tertiary/aromatic N) is 2. The van der Waals surface area contributed by atoms with E-state index in [1.807, 2.05) is 0 Å². The monoisotopic (exact) mass is 279 g/mol. The molecule has 20 heavy (non-hydrogen) atoms. The Labute approximate surface area is 125 Å². The summed E-state index contributed by atoms with van der Waals surface area (Å²) in [6.45, 7) is 5.13. The summed E-state index contributed by atoms with van der Waals surface area (Å²) in [4.78, 5) is 5.19. The minimum atomic E-state index is 0.578. The molecule has 3 rings (SSSR count). The van der Waals surface area contributed by atoms with Crippen LogP contribution in [-0.2, 0) is 0 Å². The molecule has 1 saturated heterocycles. The number of likely N-dealkylation sites (N-methyl/N-ethyl adjacent to an activating group) is 2. The van der Waals surface area contributed by atoms with Crippen LogP contribution in [0.3, 0.4) is 0 Å². The van der Waals surface area contributed by atoms with Crippen molar-refractivity contribution in [2.45, 2.75) is 63.5 Å². The fourth-order valence-electron chi connectivity index (χ4n) is 4.37. The summed E-state index contributed by atoms with van der Waals surface area (Å²) in [7, 11) is 4.65. The van der Waals surface area contributed by atoms with Crippen molar-refractivity contribution in [3.8, 4) is 0 Å². The lowest BCUT2D eigenvalue weighted by Crippen LogP contribution is -2.45. The molecule has 3 fully saturated rings. The van der Waals surface area contributed by atoms with E-state index in [1.54, 1.807) is 0 Å². The molecule has 0 amide bonds. The van der Waals surface area contributed by atoms with Crippen LogP contribution in [0.15, 0.2) is 0 Å². The summed E-state index contributed by atoms with van der Waals surface area (Å²) >= 11 is 0. The molecule has 1 heterocycles. The van der Waals surface area contributed by atoms with Gasteiger partial charge in [0.05, 0.1) is 0 Å². The van der Waals surface area contributed by atoms with E-state index in [0.717, 1.165) is 12.1 Å². The lowest BCUT2D eigenvalue weighted by atomic mass is 9.85. The average Bonchev–Trinajstić information content (AvgIpc) is 3.02. The van der Waals surface area contributed by atoms with Crippen LogP contribution < -0.4 is 5.32 Å². The highest BCUT2D eigenvalue weighted by molar-refractivity contribution is 4.93. The number of hydrogen-bond donors (Lipinski definition) is 1. The summed E-state index contributed by atoms with van der Waals surface area (Å²) in [5.74, 6) is 0. The smallest absolute Gasteiger partial charge is 0.0220 e. The molecule has 1 atom stereocenters. The highest BCUT2D eigenvalue weighted by Gasteiger charge is 2.37. The second-order valence-electron chi connectivity index (χ2n) is 7.84. The van der Waals surface area contributed by atoms with Crippen molar-refractivity contribution in [1.82, 2.24) is 15.1 Å². The first-order valence-electron chi connectivity index (χ1n) is 8.79. The number of likely N-dealkylation sites (tertiary alicyclic amines) is 1. The zero-order valence-electron chi connectivity index (χ0n) is 13.5. The molecule has 3 nitrogen and oxygen atoms in total. The van der Waals surface area contributed by atoms with E-state index < -0.39 is 0 Å². The third-order valence-corrected chi connectivity index (χ3v) is 5.81. The molecule has 1 unspecified atom stereocenters. The van der Waals surface area contributed by atoms with Gasteiger partial charge in [-0.25, -0.2) is 0 Å². The van der Waals surface area contributed by atoms with Gasteiger partial charge in [-0.1, -0.05) is 12.8 Å². The molecule has 0 spiro atoms. The fourth-order valence-corrected chi connectivity index (χ4v) is 4.37. The molecule has 0 aromatic carbocycles. The Hall–Kier alpha value is -0.120. The third kappa shape index (κ3) is 3.75. The topological polar surface area (TPSA) is 18.5 Å². The van der Waals surface area contributed by atoms with Crippen LogP contribution in [0.2, 0.25) is 0 Å². The van der Waals surface area contributed by atoms with Gasteiger partial charge in [0.1, 0.15) is 0 Å². The van der Waals surface area contributed by atoms with E-state index in [9.17, 15) is 0 Å². The number of nitrogens with one attached hydrogen (secondary N) is 1. The van der Waals surface area contributed by atoms with Crippen LogP contribution in [0.25, 0.3) is 0 Å². The summed E-state index contributed by atoms with van der Waals surface area (Å²) < 4.78 is 0. The zero-order chi connectivity index (χ0) is 14.0. The van der Waals surface area contributed by atoms with E-state index in [0.29, 0.717) is 5.41 Å². The van der Waals surface area contributed by atoms with Crippen molar-refractivity contribution in [1.29, 1.82) is 0 Å². The van der Waals surface area contributed by atoms with Crippen molar-refractivity contribution in [3.63, 3.8) is 0 Å². The zero-order valence-corrected chi connectivity index (χ0v) is 13.5. The lowest BCUT2D eigenvalue weighted by Gasteiger charge is -2.36. The van der Waals surface area contributed by atoms with Gasteiger partial charge in [0.25, 0.3) is 0 Å². The minimum absolute atomic E-state index is 0.578. The molecule has 0 radical (unpaired) electrons. The maximum Gasteiger partial charge on any atom is 0.0220 e. The predicted octanol–water partition coefficient (Wildman–Crippen LogP) is 2.32. The van der Waals surface area contributed by atoms with Gasteiger partial charge in [0.2, 0.25) is 0 Å². The first-order valence-corrected chi connectivity index (χ1v) is 8.79. The Balaban J connectivity index is 1.49. The Morgan fingerprint density at radius 2 is 1.90 bits per heavy atom. The second kappa shape index (κ2) is 6.33. The summed E-state index contributed by atoms with van der Waals surface area (Å²) in [6, 6.07) is 1.66. The molecule has 3 heteroatoms. The fraction of sp³-hybridized carbons (Fsp3) is 1.00. The molecule has 2 aliphatic carbocycles. The molecule has 3 aliphatic rings. The second-order valence-corrected chi connectivity index (χ2v) is 7.84. The van der Waals surface area contributed by atoms with Crippen LogP contribution in [0.1, 0.15) is 51.4 Å². The molecular weight excluding hydrogens is 246 g/mol. The lowest BCUT2D eigenvalue weighted by molar-refractivity contribution is 0.143. The molecule has 116 valence electrons. The van der Waals surface area contributed by atoms with E-state index >= 15 is 0 Å². The summed E-state index contributed by atoms with van der Waals surface area (Å²) in [5, 5.41) is 3.81. The average molecular weight is 279 g/mol. The Morgan fingerprint density at radius 1 is 1.15 bits per heavy atom. The van der Waals surface area contributed by atoms with Crippen LogP contribution in [0, 0.1) is 5.41 Å². The molecule has 0 bridgehead atoms. The molecular formula is C17H33N3. The van der Waals surface area contributed by atoms with Gasteiger partial charge in [0.15, 0.2) is 0 Å². The van der Waals surface area contributed by atoms with Gasteiger partial charge in [-0.2, -0.15) is 0 Å². The van der Waals surface area contributed by atoms with Gasteiger partial charge in [-0.3, -0.25) is 0 Å². The largest absolute Gasteiger partial charge is 0.313 e. The van der Waals surface area contributed by atoms with Crippen molar-refractivity contribution < 1.29 is 0 Å². The quantitative estimate of drug-likeness (QED) is 0.771. The van der Waals surface area contributed by atoms with E-state index in [-0.39, 0.29) is 0 Å². The van der Waals surface area contributed by atoms with Crippen LogP contribution in [-0.4, -0.2) is 62.2 Å². The van der Waals surface area contributed by atoms with Crippen molar-refractivity contribution in [2.24, 2.45) is 5.41 Å². The van der Waals surface area contributed by atoms with Crippen LogP contribution in [0.4, 0.5) is 0 Å². The highest BCUT2D eigenvalue weighted by Crippen LogP contribution is 2.39. The van der Waals surface area contributed by atoms with Crippen molar-refractivity contribution >= 4 is 0 Å². The van der Waals surface area contributed by atoms with Crippen molar-refractivity contribution in [3.05, 3.63) is 0 Å². The third-order valence-electron chi connectivity index (χ3n) is 5.81. The Morgan fingerprint density at radius 3 is 2.50 bits per heavy atom. The van der Waals surface area contributed by atoms with Gasteiger partial charge >= 0.3 is 0 Å². The van der Waals surface area contributed by atoms with Gasteiger partial charge in [-0.05, 0) is 64.6 Å². The van der Waals surface area contributed by atoms with E-state index in [1.165, 1.54) is 77.5 Å². The standard InChI is InChI=1S/C17H33N3/c1-19(12-16-6-5-11-20(16)2)14-17(9-3-4-10-17)13-18-15-7-8-15/h15-16,18H,3-14H2,1-2H3. The van der Waals surface area contributed by atoms with Gasteiger partial charge < -0.3 is 15.1 Å². The maximum atomic E-state index is 3.81. The van der Waals surface area contributed by atoms with E-state index in [2.05, 4.69) is 29.2 Å². The van der Waals surface area contributed by atoms with Gasteiger partial charge in [-0.15, -0.1) is 0 Å². The van der Waals surface area contributed by atoms with Crippen LogP contribution in [0.5, 0.6) is 0 Å². The summed E-state index contributed by atoms with van der Waals surface area (Å²) in [6.07, 6.45) is 11.4. The van der Waals surface area contributed by atoms with E-state index in [4.69, 9.17) is 0 Å². The normalized spacial score (nSPS) is 30.4. The molecule has 1 aliphatic heterocycles. The first kappa shape index (κ1) is 14.8. The minimum Gasteiger partial charge on any atom is -0.313 e. The number of rotatable bonds is 7. The highest BCUT2D eigenvalue weighted by atomic mass is 15.2. The summed E-state index contributed by atoms with van der Waals surface area (Å²) in [5.41, 5.74) is 0.578. The molecule has 0 aromatic rings. The molecule has 0 aromatic heterocycles. The first-order chi connectivity index (χ1) is 9.67. The van der Waals surface area contributed by atoms with Crippen LogP contribution >= 0.6 is 0 Å². The van der Waals surface area contributed by atoms with Crippen molar-refractivity contribution in [2.75, 3.05) is 40.3 Å². The SMILES string of the molecule is CN(CC1CCCN1C)CC1(CNC2CC2)CCCC1. The Bertz CT molecular complexity index is 307. The van der Waals surface area contributed by atoms with Gasteiger partial charge in [0, 0.05) is 31.7 Å². The predicted molar refractivity (Wildman–Crippen MR) is 85.1 cm³/mol. The maximum absolute atomic E-state index is 3.81. The Kier molecular flexibility index (Phi) is 4.68.